The molecule has 0 atom stereocenters. The van der Waals surface area contributed by atoms with E-state index in [1.165, 1.54) is 0 Å². The molecule has 1 aromatic carbocycles. The van der Waals surface area contributed by atoms with E-state index in [-0.39, 0.29) is 17.9 Å². The van der Waals surface area contributed by atoms with Gasteiger partial charge in [0.05, 0.1) is 11.2 Å². The number of hydrogen-bond acceptors (Lipinski definition) is 3. The zero-order chi connectivity index (χ0) is 17.4. The number of para-hydroxylation sites is 1. The molecule has 0 bridgehead atoms. The monoisotopic (exact) mass is 338 g/mol. The van der Waals surface area contributed by atoms with Crippen LogP contribution >= 0.6 is 0 Å². The van der Waals surface area contributed by atoms with E-state index in [9.17, 15) is 9.59 Å². The van der Waals surface area contributed by atoms with Crippen LogP contribution in [0.4, 0.5) is 10.5 Å². The molecule has 2 aromatic rings. The molecule has 6 heteroatoms. The summed E-state index contributed by atoms with van der Waals surface area (Å²) in [6, 6.07) is 9.62. The van der Waals surface area contributed by atoms with Crippen molar-refractivity contribution in [3.05, 3.63) is 36.0 Å². The Kier molecular flexibility index (Phi) is 4.03. The van der Waals surface area contributed by atoms with Crippen molar-refractivity contribution in [2.75, 3.05) is 31.5 Å². The second-order valence-corrected chi connectivity index (χ2v) is 6.85. The number of hydrogen-bond donors (Lipinski definition) is 1. The standard InChI is InChI=1S/C19H22N4O2/c1-13-5-6-14-3-2-4-16(17(14)20-13)21-19(25)23-11-9-22(10-12-23)18(24)15-7-8-15/h2-6,15H,7-12H2,1H3,(H,21,25). The van der Waals surface area contributed by atoms with Gasteiger partial charge in [-0.2, -0.15) is 0 Å². The number of rotatable bonds is 2. The first kappa shape index (κ1) is 15.9. The van der Waals surface area contributed by atoms with E-state index in [1.54, 1.807) is 4.90 Å². The summed E-state index contributed by atoms with van der Waals surface area (Å²) in [4.78, 5) is 32.9. The van der Waals surface area contributed by atoms with Crippen LogP contribution in [0.3, 0.4) is 0 Å². The second kappa shape index (κ2) is 6.35. The number of fused-ring (bicyclic) bond motifs is 1. The number of nitrogens with one attached hydrogen (secondary N) is 1. The summed E-state index contributed by atoms with van der Waals surface area (Å²) in [7, 11) is 0. The van der Waals surface area contributed by atoms with Crippen molar-refractivity contribution in [3.8, 4) is 0 Å². The van der Waals surface area contributed by atoms with Crippen molar-refractivity contribution in [1.29, 1.82) is 0 Å². The summed E-state index contributed by atoms with van der Waals surface area (Å²) in [6.07, 6.45) is 2.04. The highest BCUT2D eigenvalue weighted by Crippen LogP contribution is 2.31. The van der Waals surface area contributed by atoms with E-state index in [1.807, 2.05) is 42.2 Å². The zero-order valence-electron chi connectivity index (χ0n) is 14.4. The SMILES string of the molecule is Cc1ccc2cccc(NC(=O)N3CCN(C(=O)C4CC4)CC3)c2n1. The van der Waals surface area contributed by atoms with Gasteiger partial charge in [0.15, 0.2) is 0 Å². The number of anilines is 1. The summed E-state index contributed by atoms with van der Waals surface area (Å²) >= 11 is 0. The summed E-state index contributed by atoms with van der Waals surface area (Å²) < 4.78 is 0. The average Bonchev–Trinajstić information content (AvgIpc) is 3.47. The third-order valence-corrected chi connectivity index (χ3v) is 4.91. The highest BCUT2D eigenvalue weighted by atomic mass is 16.2. The summed E-state index contributed by atoms with van der Waals surface area (Å²) in [5.74, 6) is 0.499. The number of piperazine rings is 1. The molecule has 0 unspecified atom stereocenters. The number of aryl methyl sites for hydroxylation is 1. The molecule has 2 heterocycles. The molecule has 1 aliphatic carbocycles. The van der Waals surface area contributed by atoms with Gasteiger partial charge in [0, 0.05) is 43.2 Å². The quantitative estimate of drug-likeness (QED) is 0.915. The lowest BCUT2D eigenvalue weighted by atomic mass is 10.2. The van der Waals surface area contributed by atoms with Gasteiger partial charge in [0.25, 0.3) is 0 Å². The van der Waals surface area contributed by atoms with Gasteiger partial charge in [0.2, 0.25) is 5.91 Å². The number of aromatic nitrogens is 1. The van der Waals surface area contributed by atoms with Crippen LogP contribution in [-0.4, -0.2) is 52.9 Å². The maximum Gasteiger partial charge on any atom is 0.322 e. The Balaban J connectivity index is 1.43. The summed E-state index contributed by atoms with van der Waals surface area (Å²) in [5.41, 5.74) is 2.45. The minimum absolute atomic E-state index is 0.130. The fourth-order valence-corrected chi connectivity index (χ4v) is 3.26. The topological polar surface area (TPSA) is 65.5 Å². The van der Waals surface area contributed by atoms with Gasteiger partial charge in [-0.1, -0.05) is 18.2 Å². The molecule has 25 heavy (non-hydrogen) atoms. The van der Waals surface area contributed by atoms with E-state index in [0.29, 0.717) is 26.2 Å². The van der Waals surface area contributed by atoms with E-state index in [2.05, 4.69) is 10.3 Å². The van der Waals surface area contributed by atoms with Crippen molar-refractivity contribution in [3.63, 3.8) is 0 Å². The van der Waals surface area contributed by atoms with E-state index in [4.69, 9.17) is 0 Å². The smallest absolute Gasteiger partial charge is 0.322 e. The first-order chi connectivity index (χ1) is 12.1. The van der Waals surface area contributed by atoms with Crippen LogP contribution in [0, 0.1) is 12.8 Å². The van der Waals surface area contributed by atoms with Gasteiger partial charge in [0.1, 0.15) is 0 Å². The lowest BCUT2D eigenvalue weighted by Crippen LogP contribution is -2.52. The van der Waals surface area contributed by atoms with Crippen LogP contribution < -0.4 is 5.32 Å². The van der Waals surface area contributed by atoms with Crippen molar-refractivity contribution < 1.29 is 9.59 Å². The van der Waals surface area contributed by atoms with Crippen LogP contribution in [-0.2, 0) is 4.79 Å². The van der Waals surface area contributed by atoms with Gasteiger partial charge in [-0.3, -0.25) is 9.78 Å². The third kappa shape index (κ3) is 3.29. The first-order valence-electron chi connectivity index (χ1n) is 8.83. The van der Waals surface area contributed by atoms with Gasteiger partial charge in [-0.15, -0.1) is 0 Å². The Morgan fingerprint density at radius 2 is 1.76 bits per heavy atom. The highest BCUT2D eigenvalue weighted by Gasteiger charge is 2.35. The second-order valence-electron chi connectivity index (χ2n) is 6.85. The summed E-state index contributed by atoms with van der Waals surface area (Å²) in [5, 5.41) is 3.99. The van der Waals surface area contributed by atoms with Gasteiger partial charge >= 0.3 is 6.03 Å². The van der Waals surface area contributed by atoms with Crippen LogP contribution in [0.25, 0.3) is 10.9 Å². The lowest BCUT2D eigenvalue weighted by molar-refractivity contribution is -0.133. The predicted octanol–water partition coefficient (Wildman–Crippen LogP) is 2.63. The normalized spacial score (nSPS) is 17.6. The first-order valence-corrected chi connectivity index (χ1v) is 8.83. The molecule has 3 amide bonds. The van der Waals surface area contributed by atoms with Crippen molar-refractivity contribution in [1.82, 2.24) is 14.8 Å². The number of urea groups is 1. The molecule has 2 fully saturated rings. The molecule has 1 saturated heterocycles. The fourth-order valence-electron chi connectivity index (χ4n) is 3.26. The Bertz CT molecular complexity index is 823. The molecule has 0 spiro atoms. The molecule has 0 radical (unpaired) electrons. The molecular weight excluding hydrogens is 316 g/mol. The number of carbonyl (C=O) groups excluding carboxylic acids is 2. The maximum atomic E-state index is 12.6. The number of benzene rings is 1. The Hall–Kier alpha value is -2.63. The Morgan fingerprint density at radius 3 is 2.48 bits per heavy atom. The zero-order valence-corrected chi connectivity index (χ0v) is 14.4. The number of nitrogens with zero attached hydrogens (tertiary/aromatic N) is 3. The average molecular weight is 338 g/mol. The lowest BCUT2D eigenvalue weighted by Gasteiger charge is -2.34. The molecule has 130 valence electrons. The Morgan fingerprint density at radius 1 is 1.04 bits per heavy atom. The minimum atomic E-state index is -0.130. The number of amides is 3. The number of pyridine rings is 1. The molecule has 1 aliphatic heterocycles. The summed E-state index contributed by atoms with van der Waals surface area (Å²) in [6.45, 7) is 4.32. The van der Waals surface area contributed by atoms with Crippen molar-refractivity contribution >= 4 is 28.5 Å². The van der Waals surface area contributed by atoms with Crippen LogP contribution in [0.15, 0.2) is 30.3 Å². The van der Waals surface area contributed by atoms with Gasteiger partial charge in [-0.25, -0.2) is 4.79 Å². The van der Waals surface area contributed by atoms with Crippen LogP contribution in [0.5, 0.6) is 0 Å². The van der Waals surface area contributed by atoms with E-state index in [0.717, 1.165) is 35.1 Å². The van der Waals surface area contributed by atoms with Gasteiger partial charge in [-0.05, 0) is 31.9 Å². The molecule has 2 aliphatic rings. The largest absolute Gasteiger partial charge is 0.339 e. The molecule has 1 N–H and O–H groups in total. The molecular formula is C19H22N4O2. The Labute approximate surface area is 146 Å². The fraction of sp³-hybridized carbons (Fsp3) is 0.421. The van der Waals surface area contributed by atoms with E-state index >= 15 is 0 Å². The van der Waals surface area contributed by atoms with Crippen molar-refractivity contribution in [2.45, 2.75) is 19.8 Å². The van der Waals surface area contributed by atoms with Crippen LogP contribution in [0.1, 0.15) is 18.5 Å². The van der Waals surface area contributed by atoms with E-state index < -0.39 is 0 Å². The predicted molar refractivity (Wildman–Crippen MR) is 96.4 cm³/mol. The third-order valence-electron chi connectivity index (χ3n) is 4.91. The number of carbonyl (C=O) groups is 2. The highest BCUT2D eigenvalue weighted by molar-refractivity contribution is 5.99. The van der Waals surface area contributed by atoms with Gasteiger partial charge < -0.3 is 15.1 Å². The molecule has 6 nitrogen and oxygen atoms in total. The van der Waals surface area contributed by atoms with Crippen molar-refractivity contribution in [2.24, 2.45) is 5.92 Å². The molecule has 1 aromatic heterocycles. The van der Waals surface area contributed by atoms with Crippen LogP contribution in [0.2, 0.25) is 0 Å². The molecule has 4 rings (SSSR count). The maximum absolute atomic E-state index is 12.6. The molecule has 1 saturated carbocycles. The minimum Gasteiger partial charge on any atom is -0.339 e.